The number of hydrogen-bond donors (Lipinski definition) is 1. The number of esters is 1. The number of aryl methyl sites for hydroxylation is 1. The van der Waals surface area contributed by atoms with Crippen LogP contribution in [0.5, 0.6) is 5.75 Å². The van der Waals surface area contributed by atoms with Gasteiger partial charge in [0, 0.05) is 5.33 Å². The van der Waals surface area contributed by atoms with Gasteiger partial charge in [-0.1, -0.05) is 22.0 Å². The Hall–Kier alpha value is -1.03. The molecule has 1 aromatic rings. The van der Waals surface area contributed by atoms with Gasteiger partial charge < -0.3 is 9.84 Å². The van der Waals surface area contributed by atoms with Crippen molar-refractivity contribution >= 4 is 21.9 Å². The van der Waals surface area contributed by atoms with Gasteiger partial charge in [0.1, 0.15) is 5.75 Å². The Kier molecular flexibility index (Phi) is 5.32. The SMILES string of the molecule is CCOC(=O)c1ccc(CCCBr)c(O)c1. The van der Waals surface area contributed by atoms with E-state index < -0.39 is 5.97 Å². The summed E-state index contributed by atoms with van der Waals surface area (Å²) in [5, 5.41) is 10.6. The Morgan fingerprint density at radius 3 is 2.81 bits per heavy atom. The van der Waals surface area contributed by atoms with Crippen molar-refractivity contribution in [3.63, 3.8) is 0 Å². The lowest BCUT2D eigenvalue weighted by Gasteiger charge is -2.06. The average molecular weight is 287 g/mol. The molecule has 1 rings (SSSR count). The molecule has 0 aliphatic heterocycles. The molecule has 0 amide bonds. The fourth-order valence-electron chi connectivity index (χ4n) is 1.37. The summed E-state index contributed by atoms with van der Waals surface area (Å²) in [7, 11) is 0. The largest absolute Gasteiger partial charge is 0.508 e. The van der Waals surface area contributed by atoms with Crippen LogP contribution in [0.25, 0.3) is 0 Å². The molecule has 16 heavy (non-hydrogen) atoms. The molecule has 4 heteroatoms. The lowest BCUT2D eigenvalue weighted by molar-refractivity contribution is 0.0526. The molecule has 0 radical (unpaired) electrons. The van der Waals surface area contributed by atoms with Crippen LogP contribution in [0.1, 0.15) is 29.3 Å². The maximum absolute atomic E-state index is 11.4. The summed E-state index contributed by atoms with van der Waals surface area (Å²) in [6, 6.07) is 4.91. The first-order chi connectivity index (χ1) is 7.69. The van der Waals surface area contributed by atoms with Crippen LogP contribution in [0, 0.1) is 0 Å². The van der Waals surface area contributed by atoms with Crippen molar-refractivity contribution in [2.24, 2.45) is 0 Å². The Labute approximate surface area is 104 Å². The Bertz CT molecular complexity index is 363. The second-order valence-electron chi connectivity index (χ2n) is 3.36. The fraction of sp³-hybridized carbons (Fsp3) is 0.417. The first-order valence-corrected chi connectivity index (χ1v) is 6.36. The smallest absolute Gasteiger partial charge is 0.338 e. The summed E-state index contributed by atoms with van der Waals surface area (Å²) in [6.07, 6.45) is 1.74. The minimum absolute atomic E-state index is 0.159. The minimum Gasteiger partial charge on any atom is -0.508 e. The number of carbonyl (C=O) groups is 1. The zero-order valence-electron chi connectivity index (χ0n) is 9.20. The van der Waals surface area contributed by atoms with E-state index in [0.717, 1.165) is 23.7 Å². The van der Waals surface area contributed by atoms with Gasteiger partial charge in [-0.2, -0.15) is 0 Å². The number of benzene rings is 1. The topological polar surface area (TPSA) is 46.5 Å². The van der Waals surface area contributed by atoms with Gasteiger partial charge >= 0.3 is 5.97 Å². The Morgan fingerprint density at radius 1 is 1.50 bits per heavy atom. The molecule has 0 aromatic heterocycles. The van der Waals surface area contributed by atoms with Gasteiger partial charge in [0.15, 0.2) is 0 Å². The zero-order chi connectivity index (χ0) is 12.0. The summed E-state index contributed by atoms with van der Waals surface area (Å²) >= 11 is 3.33. The monoisotopic (exact) mass is 286 g/mol. The summed E-state index contributed by atoms with van der Waals surface area (Å²) < 4.78 is 4.85. The second kappa shape index (κ2) is 6.53. The normalized spacial score (nSPS) is 10.1. The highest BCUT2D eigenvalue weighted by Crippen LogP contribution is 2.21. The number of phenols is 1. The number of aromatic hydroxyl groups is 1. The molecule has 0 heterocycles. The van der Waals surface area contributed by atoms with Crippen LogP contribution in [-0.2, 0) is 11.2 Å². The zero-order valence-corrected chi connectivity index (χ0v) is 10.8. The van der Waals surface area contributed by atoms with Crippen molar-refractivity contribution in [3.05, 3.63) is 29.3 Å². The Morgan fingerprint density at radius 2 is 2.25 bits per heavy atom. The number of halogens is 1. The van der Waals surface area contributed by atoms with Crippen molar-refractivity contribution in [2.75, 3.05) is 11.9 Å². The summed E-state index contributed by atoms with van der Waals surface area (Å²) in [5.74, 6) is -0.239. The third-order valence-electron chi connectivity index (χ3n) is 2.18. The molecule has 0 saturated heterocycles. The summed E-state index contributed by atoms with van der Waals surface area (Å²) in [5.41, 5.74) is 1.24. The van der Waals surface area contributed by atoms with Crippen molar-refractivity contribution in [3.8, 4) is 5.75 Å². The van der Waals surface area contributed by atoms with E-state index in [1.807, 2.05) is 0 Å². The van der Waals surface area contributed by atoms with Gasteiger partial charge in [0.2, 0.25) is 0 Å². The Balaban J connectivity index is 2.78. The molecule has 0 spiro atoms. The molecule has 1 N–H and O–H groups in total. The van der Waals surface area contributed by atoms with E-state index in [1.54, 1.807) is 19.1 Å². The molecular formula is C12H15BrO3. The van der Waals surface area contributed by atoms with Crippen molar-refractivity contribution in [2.45, 2.75) is 19.8 Å². The highest BCUT2D eigenvalue weighted by Gasteiger charge is 2.09. The molecule has 0 unspecified atom stereocenters. The molecule has 0 fully saturated rings. The molecule has 0 saturated carbocycles. The average Bonchev–Trinajstić information content (AvgIpc) is 2.27. The van der Waals surface area contributed by atoms with Gasteiger partial charge in [-0.15, -0.1) is 0 Å². The van der Waals surface area contributed by atoms with Crippen LogP contribution in [0.2, 0.25) is 0 Å². The first kappa shape index (κ1) is 13.0. The maximum Gasteiger partial charge on any atom is 0.338 e. The molecule has 88 valence electrons. The standard InChI is InChI=1S/C12H15BrO3/c1-2-16-12(15)10-6-5-9(4-3-7-13)11(14)8-10/h5-6,8,14H,2-4,7H2,1H3. The molecule has 0 bridgehead atoms. The number of ether oxygens (including phenoxy) is 1. The van der Waals surface area contributed by atoms with Crippen LogP contribution >= 0.6 is 15.9 Å². The number of alkyl halides is 1. The lowest BCUT2D eigenvalue weighted by Crippen LogP contribution is -2.04. The number of hydrogen-bond acceptors (Lipinski definition) is 3. The second-order valence-corrected chi connectivity index (χ2v) is 4.15. The molecule has 0 aliphatic carbocycles. The fourth-order valence-corrected chi connectivity index (χ4v) is 1.65. The van der Waals surface area contributed by atoms with Gasteiger partial charge in [-0.05, 0) is 37.5 Å². The van der Waals surface area contributed by atoms with E-state index in [-0.39, 0.29) is 5.75 Å². The van der Waals surface area contributed by atoms with Crippen LogP contribution in [-0.4, -0.2) is 23.0 Å². The van der Waals surface area contributed by atoms with Crippen molar-refractivity contribution in [1.82, 2.24) is 0 Å². The summed E-state index contributed by atoms with van der Waals surface area (Å²) in [6.45, 7) is 2.09. The van der Waals surface area contributed by atoms with E-state index in [2.05, 4.69) is 15.9 Å². The van der Waals surface area contributed by atoms with Crippen molar-refractivity contribution in [1.29, 1.82) is 0 Å². The van der Waals surface area contributed by atoms with Gasteiger partial charge in [0.05, 0.1) is 12.2 Å². The third-order valence-corrected chi connectivity index (χ3v) is 2.74. The molecule has 0 aliphatic rings. The molecule has 3 nitrogen and oxygen atoms in total. The molecule has 1 aromatic carbocycles. The maximum atomic E-state index is 11.4. The van der Waals surface area contributed by atoms with Gasteiger partial charge in [-0.25, -0.2) is 4.79 Å². The van der Waals surface area contributed by atoms with Crippen LogP contribution in [0.15, 0.2) is 18.2 Å². The number of rotatable bonds is 5. The molecule has 0 atom stereocenters. The highest BCUT2D eigenvalue weighted by atomic mass is 79.9. The molecular weight excluding hydrogens is 272 g/mol. The third kappa shape index (κ3) is 3.52. The predicted molar refractivity (Wildman–Crippen MR) is 66.2 cm³/mol. The number of carbonyl (C=O) groups excluding carboxylic acids is 1. The van der Waals surface area contributed by atoms with E-state index in [9.17, 15) is 9.90 Å². The van der Waals surface area contributed by atoms with E-state index in [4.69, 9.17) is 4.74 Å². The van der Waals surface area contributed by atoms with Crippen LogP contribution in [0.3, 0.4) is 0 Å². The first-order valence-electron chi connectivity index (χ1n) is 5.24. The highest BCUT2D eigenvalue weighted by molar-refractivity contribution is 9.09. The lowest BCUT2D eigenvalue weighted by atomic mass is 10.1. The quantitative estimate of drug-likeness (QED) is 0.669. The summed E-state index contributed by atoms with van der Waals surface area (Å²) in [4.78, 5) is 11.4. The number of phenolic OH excluding ortho intramolecular Hbond substituents is 1. The van der Waals surface area contributed by atoms with Crippen LogP contribution < -0.4 is 0 Å². The van der Waals surface area contributed by atoms with Gasteiger partial charge in [0.25, 0.3) is 0 Å². The van der Waals surface area contributed by atoms with E-state index in [0.29, 0.717) is 12.2 Å². The minimum atomic E-state index is -0.398. The van der Waals surface area contributed by atoms with E-state index >= 15 is 0 Å². The van der Waals surface area contributed by atoms with Gasteiger partial charge in [-0.3, -0.25) is 0 Å². The van der Waals surface area contributed by atoms with Crippen LogP contribution in [0.4, 0.5) is 0 Å². The predicted octanol–water partition coefficient (Wildman–Crippen LogP) is 2.90. The van der Waals surface area contributed by atoms with Crippen molar-refractivity contribution < 1.29 is 14.6 Å². The van der Waals surface area contributed by atoms with E-state index in [1.165, 1.54) is 6.07 Å².